The molecule has 0 saturated carbocycles. The van der Waals surface area contributed by atoms with Crippen molar-refractivity contribution in [1.29, 1.82) is 0 Å². The quantitative estimate of drug-likeness (QED) is 0.504. The molecule has 1 aliphatic rings. The number of amides is 2. The van der Waals surface area contributed by atoms with Crippen LogP contribution in [0.5, 0.6) is 11.8 Å². The largest absolute Gasteiger partial charge is 0.481 e. The van der Waals surface area contributed by atoms with E-state index in [1.54, 1.807) is 20.8 Å². The van der Waals surface area contributed by atoms with E-state index in [4.69, 9.17) is 9.47 Å². The molecule has 0 unspecified atom stereocenters. The maximum absolute atomic E-state index is 14.4. The van der Waals surface area contributed by atoms with Crippen molar-refractivity contribution in [3.05, 3.63) is 17.4 Å². The zero-order valence-electron chi connectivity index (χ0n) is 20.1. The summed E-state index contributed by atoms with van der Waals surface area (Å²) in [7, 11) is 1.00. The minimum Gasteiger partial charge on any atom is -0.481 e. The minimum absolute atomic E-state index is 0.166. The summed E-state index contributed by atoms with van der Waals surface area (Å²) in [6.07, 6.45) is -12.7. The number of rotatable bonds is 7. The van der Waals surface area contributed by atoms with E-state index in [2.05, 4.69) is 15.0 Å². The summed E-state index contributed by atoms with van der Waals surface area (Å²) in [6.45, 7) is 2.12. The number of pyridine rings is 1. The maximum Gasteiger partial charge on any atom is 0.435 e. The van der Waals surface area contributed by atoms with Gasteiger partial charge in [0.1, 0.15) is 18.2 Å². The highest BCUT2D eigenvalue weighted by atomic mass is 19.4. The summed E-state index contributed by atoms with van der Waals surface area (Å²) in [4.78, 5) is 29.6. The lowest BCUT2D eigenvalue weighted by Crippen LogP contribution is -2.57. The molecular formula is C21H25F8N3O5. The van der Waals surface area contributed by atoms with Gasteiger partial charge in [-0.25, -0.2) is 13.6 Å². The standard InChI is InChI=1S/C21H25F8N3O5/c1-18(2,3)37-17(34)32-7-5-6-13(32)14(33)30-9-11-8-12(22)16(31-15(11)35-4)36-10-19(23,20(24,25)26)21(27,28)29/h8,13H,5-7,9-10H2,1-4H3,(H,30,33)/t13-/m0/s1. The van der Waals surface area contributed by atoms with Gasteiger partial charge in [-0.3, -0.25) is 9.69 Å². The molecule has 0 radical (unpaired) electrons. The summed E-state index contributed by atoms with van der Waals surface area (Å²) in [5.74, 6) is -4.07. The molecule has 37 heavy (non-hydrogen) atoms. The number of aromatic nitrogens is 1. The first kappa shape index (κ1) is 30.2. The monoisotopic (exact) mass is 551 g/mol. The number of alkyl halides is 7. The van der Waals surface area contributed by atoms with Gasteiger partial charge >= 0.3 is 24.1 Å². The second kappa shape index (κ2) is 10.7. The molecule has 1 atom stereocenters. The zero-order chi connectivity index (χ0) is 28.4. The van der Waals surface area contributed by atoms with Crippen LogP contribution in [0.3, 0.4) is 0 Å². The zero-order valence-corrected chi connectivity index (χ0v) is 20.1. The van der Waals surface area contributed by atoms with E-state index in [0.717, 1.165) is 7.11 Å². The van der Waals surface area contributed by atoms with Crippen LogP contribution in [0.2, 0.25) is 0 Å². The number of carbonyl (C=O) groups excluding carboxylic acids is 2. The average molecular weight is 551 g/mol. The molecule has 0 aromatic carbocycles. The third kappa shape index (κ3) is 7.03. The van der Waals surface area contributed by atoms with Crippen molar-refractivity contribution in [1.82, 2.24) is 15.2 Å². The van der Waals surface area contributed by atoms with Crippen LogP contribution >= 0.6 is 0 Å². The molecule has 210 valence electrons. The van der Waals surface area contributed by atoms with Gasteiger partial charge in [-0.15, -0.1) is 0 Å². The molecule has 2 amide bonds. The van der Waals surface area contributed by atoms with E-state index in [1.165, 1.54) is 4.90 Å². The molecule has 1 aliphatic heterocycles. The topological polar surface area (TPSA) is 90.0 Å². The Balaban J connectivity index is 2.14. The van der Waals surface area contributed by atoms with Crippen molar-refractivity contribution in [2.45, 2.75) is 69.8 Å². The summed E-state index contributed by atoms with van der Waals surface area (Å²) in [5, 5.41) is 2.43. The first-order valence-corrected chi connectivity index (χ1v) is 10.8. The first-order chi connectivity index (χ1) is 16.8. The second-order valence-electron chi connectivity index (χ2n) is 9.08. The van der Waals surface area contributed by atoms with Crippen molar-refractivity contribution < 1.29 is 58.9 Å². The van der Waals surface area contributed by atoms with E-state index in [1.807, 2.05) is 0 Å². The molecule has 1 fully saturated rings. The van der Waals surface area contributed by atoms with Gasteiger partial charge in [0.15, 0.2) is 5.82 Å². The lowest BCUT2D eigenvalue weighted by atomic mass is 10.1. The Morgan fingerprint density at radius 1 is 1.08 bits per heavy atom. The molecule has 0 bridgehead atoms. The summed E-state index contributed by atoms with van der Waals surface area (Å²) in [5.41, 5.74) is -6.75. The molecule has 0 spiro atoms. The van der Waals surface area contributed by atoms with Crippen molar-refractivity contribution in [3.8, 4) is 11.8 Å². The van der Waals surface area contributed by atoms with Crippen LogP contribution in [-0.2, 0) is 16.1 Å². The Morgan fingerprint density at radius 3 is 2.19 bits per heavy atom. The molecule has 8 nitrogen and oxygen atoms in total. The molecule has 1 aromatic heterocycles. The van der Waals surface area contributed by atoms with Crippen molar-refractivity contribution >= 4 is 12.0 Å². The van der Waals surface area contributed by atoms with Crippen LogP contribution in [0.25, 0.3) is 0 Å². The predicted molar refractivity (Wildman–Crippen MR) is 110 cm³/mol. The number of ether oxygens (including phenoxy) is 3. The van der Waals surface area contributed by atoms with Crippen LogP contribution in [0, 0.1) is 5.82 Å². The van der Waals surface area contributed by atoms with Gasteiger partial charge in [0, 0.05) is 18.7 Å². The fourth-order valence-electron chi connectivity index (χ4n) is 3.27. The number of methoxy groups -OCH3 is 1. The SMILES string of the molecule is COc1nc(OCC(F)(C(F)(F)F)C(F)(F)F)c(F)cc1CNC(=O)[C@@H]1CCCN1C(=O)OC(C)(C)C. The third-order valence-electron chi connectivity index (χ3n) is 5.12. The van der Waals surface area contributed by atoms with Crippen molar-refractivity contribution in [3.63, 3.8) is 0 Å². The molecule has 1 aromatic rings. The Hall–Kier alpha value is -3.07. The number of carbonyl (C=O) groups is 2. The van der Waals surface area contributed by atoms with E-state index in [-0.39, 0.29) is 12.1 Å². The fourth-order valence-corrected chi connectivity index (χ4v) is 3.27. The number of halogens is 8. The highest BCUT2D eigenvalue weighted by Gasteiger charge is 2.73. The minimum atomic E-state index is -6.40. The van der Waals surface area contributed by atoms with Crippen LogP contribution in [0.4, 0.5) is 39.9 Å². The number of likely N-dealkylation sites (tertiary alicyclic amines) is 1. The van der Waals surface area contributed by atoms with Gasteiger partial charge in [0.25, 0.3) is 5.88 Å². The lowest BCUT2D eigenvalue weighted by Gasteiger charge is -2.29. The van der Waals surface area contributed by atoms with Gasteiger partial charge in [0.05, 0.1) is 7.11 Å². The molecule has 1 saturated heterocycles. The van der Waals surface area contributed by atoms with Gasteiger partial charge in [0.2, 0.25) is 11.8 Å². The second-order valence-corrected chi connectivity index (χ2v) is 9.08. The van der Waals surface area contributed by atoms with Crippen molar-refractivity contribution in [2.75, 3.05) is 20.3 Å². The Morgan fingerprint density at radius 2 is 1.68 bits per heavy atom. The number of hydrogen-bond acceptors (Lipinski definition) is 6. The van der Waals surface area contributed by atoms with Gasteiger partial charge in [-0.05, 0) is 39.7 Å². The van der Waals surface area contributed by atoms with Crippen LogP contribution < -0.4 is 14.8 Å². The highest BCUT2D eigenvalue weighted by molar-refractivity contribution is 5.86. The van der Waals surface area contributed by atoms with Crippen LogP contribution in [0.1, 0.15) is 39.2 Å². The van der Waals surface area contributed by atoms with Gasteiger partial charge in [-0.2, -0.15) is 31.3 Å². The van der Waals surface area contributed by atoms with Gasteiger partial charge in [-0.1, -0.05) is 0 Å². The smallest absolute Gasteiger partial charge is 0.435 e. The third-order valence-corrected chi connectivity index (χ3v) is 5.12. The van der Waals surface area contributed by atoms with E-state index in [0.29, 0.717) is 18.9 Å². The molecule has 2 rings (SSSR count). The summed E-state index contributed by atoms with van der Waals surface area (Å²) >= 11 is 0. The summed E-state index contributed by atoms with van der Waals surface area (Å²) < 4.78 is 119. The number of nitrogens with zero attached hydrogens (tertiary/aromatic N) is 2. The highest BCUT2D eigenvalue weighted by Crippen LogP contribution is 2.46. The first-order valence-electron chi connectivity index (χ1n) is 10.8. The normalized spacial score (nSPS) is 17.0. The average Bonchev–Trinajstić information content (AvgIpc) is 3.24. The fraction of sp³-hybridized carbons (Fsp3) is 0.667. The Kier molecular flexibility index (Phi) is 8.75. The van der Waals surface area contributed by atoms with Gasteiger partial charge < -0.3 is 19.5 Å². The number of nitrogens with one attached hydrogen (secondary N) is 1. The Labute approximate surface area is 206 Å². The predicted octanol–water partition coefficient (Wildman–Crippen LogP) is 4.46. The van der Waals surface area contributed by atoms with Crippen LogP contribution in [-0.4, -0.2) is 71.8 Å². The van der Waals surface area contributed by atoms with E-state index >= 15 is 0 Å². The van der Waals surface area contributed by atoms with Crippen molar-refractivity contribution in [2.24, 2.45) is 0 Å². The molecule has 2 heterocycles. The molecule has 16 heteroatoms. The molecule has 1 N–H and O–H groups in total. The number of hydrogen-bond donors (Lipinski definition) is 1. The summed E-state index contributed by atoms with van der Waals surface area (Å²) in [6, 6.07) is -0.313. The Bertz CT molecular complexity index is 980. The molecule has 0 aliphatic carbocycles. The van der Waals surface area contributed by atoms with Crippen LogP contribution in [0.15, 0.2) is 6.07 Å². The maximum atomic E-state index is 14.4. The molecular weight excluding hydrogens is 526 g/mol. The van der Waals surface area contributed by atoms with E-state index in [9.17, 15) is 44.7 Å². The van der Waals surface area contributed by atoms with E-state index < -0.39 is 72.4 Å². The lowest BCUT2D eigenvalue weighted by molar-refractivity contribution is -0.347.